The Balaban J connectivity index is 0.00000420. The van der Waals surface area contributed by atoms with Gasteiger partial charge in [-0.2, -0.15) is 0 Å². The predicted molar refractivity (Wildman–Crippen MR) is 150 cm³/mol. The number of piperazine rings is 1. The number of rotatable bonds is 10. The average Bonchev–Trinajstić information content (AvgIpc) is 3.35. The van der Waals surface area contributed by atoms with Crippen LogP contribution in [0.3, 0.4) is 0 Å². The molecular weight excluding hydrogens is 556 g/mol. The van der Waals surface area contributed by atoms with E-state index in [0.717, 1.165) is 11.4 Å². The molecule has 15 heteroatoms. The van der Waals surface area contributed by atoms with Crippen molar-refractivity contribution in [2.75, 3.05) is 49.6 Å². The molecule has 1 fully saturated rings. The molecule has 0 aliphatic carbocycles. The maximum absolute atomic E-state index is 13.1. The molecule has 0 bridgehead atoms. The minimum Gasteiger partial charge on any atom is -0.621 e. The second-order valence-electron chi connectivity index (χ2n) is 8.38. The Kier molecular flexibility index (Phi) is 11.4. The van der Waals surface area contributed by atoms with Crippen molar-refractivity contribution >= 4 is 59.0 Å². The van der Waals surface area contributed by atoms with Crippen molar-refractivity contribution in [2.24, 2.45) is 0 Å². The first-order chi connectivity index (χ1) is 18.2. The second kappa shape index (κ2) is 14.1. The van der Waals surface area contributed by atoms with Gasteiger partial charge in [0.2, 0.25) is 0 Å². The molecule has 3 heterocycles. The molecule has 0 saturated carbocycles. The first-order valence-corrected chi connectivity index (χ1v) is 14.9. The largest absolute Gasteiger partial charge is 1.00 e. The number of thiazole rings is 1. The van der Waals surface area contributed by atoms with E-state index in [1.54, 1.807) is 24.6 Å². The van der Waals surface area contributed by atoms with Gasteiger partial charge < -0.3 is 20.3 Å². The minimum absolute atomic E-state index is 0. The van der Waals surface area contributed by atoms with Crippen molar-refractivity contribution in [3.63, 3.8) is 0 Å². The summed E-state index contributed by atoms with van der Waals surface area (Å²) in [5, 5.41) is 8.27. The summed E-state index contributed by atoms with van der Waals surface area (Å²) in [4.78, 5) is 28.6. The molecular formula is C24H30ClLiN7O4PS. The standard InChI is InChI=1S/C24H31ClN7O4PS.Li/c1-5-35-37(34,36-6-2)32-12-10-31(11-13-32)21-14-20(27-17(4)28-21)29-24-26-15-19(38-24)23(33)30-22-16(3)8-7-9-18(22)25;/h7-9,14-15H,5-6,10-13H2,1-4H3,(H2,26,27,28,29,30,33);/q;+1/p-1. The van der Waals surface area contributed by atoms with Crippen molar-refractivity contribution in [3.8, 4) is 0 Å². The fraction of sp³-hybridized carbons (Fsp3) is 0.417. The molecule has 39 heavy (non-hydrogen) atoms. The summed E-state index contributed by atoms with van der Waals surface area (Å²) < 4.78 is 25.8. The number of halogens is 1. The summed E-state index contributed by atoms with van der Waals surface area (Å²) in [5.41, 5.74) is 1.27. The molecule has 2 aromatic heterocycles. The summed E-state index contributed by atoms with van der Waals surface area (Å²) in [6, 6.07) is 7.19. The van der Waals surface area contributed by atoms with Crippen molar-refractivity contribution in [3.05, 3.63) is 57.1 Å². The fourth-order valence-corrected chi connectivity index (χ4v) is 6.63. The maximum atomic E-state index is 13.1. The van der Waals surface area contributed by atoms with Gasteiger partial charge in [0.25, 0.3) is 0 Å². The number of aryl methyl sites for hydroxylation is 2. The van der Waals surface area contributed by atoms with E-state index < -0.39 is 13.7 Å². The number of amides is 1. The molecule has 11 nitrogen and oxygen atoms in total. The van der Waals surface area contributed by atoms with Crippen molar-refractivity contribution in [2.45, 2.75) is 27.7 Å². The van der Waals surface area contributed by atoms with Gasteiger partial charge >= 0.3 is 26.6 Å². The summed E-state index contributed by atoms with van der Waals surface area (Å²) in [6.45, 7) is 10.1. The molecule has 4 rings (SSSR count). The van der Waals surface area contributed by atoms with Crippen LogP contribution in [0.25, 0.3) is 5.32 Å². The van der Waals surface area contributed by atoms with Crippen LogP contribution in [-0.4, -0.2) is 64.9 Å². The molecule has 0 radical (unpaired) electrons. The van der Waals surface area contributed by atoms with E-state index in [1.807, 2.05) is 32.0 Å². The van der Waals surface area contributed by atoms with E-state index in [9.17, 15) is 9.36 Å². The minimum atomic E-state index is -3.30. The Morgan fingerprint density at radius 1 is 1.15 bits per heavy atom. The van der Waals surface area contributed by atoms with Gasteiger partial charge in [0.15, 0.2) is 5.13 Å². The van der Waals surface area contributed by atoms with Crippen LogP contribution >= 0.6 is 30.7 Å². The van der Waals surface area contributed by atoms with Gasteiger partial charge in [-0.25, -0.2) is 24.2 Å². The van der Waals surface area contributed by atoms with E-state index >= 15 is 0 Å². The number of aromatic nitrogens is 3. The van der Waals surface area contributed by atoms with Crippen LogP contribution in [0.1, 0.15) is 34.9 Å². The smallest absolute Gasteiger partial charge is 0.621 e. The molecule has 0 spiro atoms. The number of hydrogen-bond donors (Lipinski definition) is 1. The van der Waals surface area contributed by atoms with E-state index in [4.69, 9.17) is 20.6 Å². The third-order valence-electron chi connectivity index (χ3n) is 5.69. The summed E-state index contributed by atoms with van der Waals surface area (Å²) in [6.07, 6.45) is 1.48. The van der Waals surface area contributed by atoms with E-state index in [0.29, 0.717) is 71.8 Å². The Hall–Kier alpha value is -2.00. The number of carbonyl (C=O) groups is 1. The number of anilines is 3. The SMILES string of the molecule is CCOP(=O)(OCC)N1CCN(c2cc(Nc3ncc(C(=O)[N-]c4c(C)cccc4Cl)s3)nc(C)n2)CC1.[Li+]. The molecule has 1 amide bonds. The van der Waals surface area contributed by atoms with Gasteiger partial charge in [-0.1, -0.05) is 40.6 Å². The quantitative estimate of drug-likeness (QED) is 0.280. The molecule has 1 N–H and O–H groups in total. The Morgan fingerprint density at radius 2 is 1.85 bits per heavy atom. The van der Waals surface area contributed by atoms with Crippen LogP contribution in [0.4, 0.5) is 22.5 Å². The van der Waals surface area contributed by atoms with Crippen LogP contribution in [-0.2, 0) is 13.6 Å². The van der Waals surface area contributed by atoms with Gasteiger partial charge in [-0.05, 0) is 33.8 Å². The number of nitrogens with one attached hydrogen (secondary N) is 1. The van der Waals surface area contributed by atoms with Gasteiger partial charge in [-0.15, -0.1) is 5.69 Å². The van der Waals surface area contributed by atoms with Gasteiger partial charge in [0.05, 0.1) is 24.0 Å². The second-order valence-corrected chi connectivity index (χ2v) is 11.8. The van der Waals surface area contributed by atoms with Gasteiger partial charge in [0, 0.05) is 43.5 Å². The Morgan fingerprint density at radius 3 is 2.49 bits per heavy atom. The number of nitrogens with zero attached hydrogens (tertiary/aromatic N) is 6. The molecule has 0 atom stereocenters. The topological polar surface area (TPSA) is 124 Å². The molecule has 1 aromatic carbocycles. The van der Waals surface area contributed by atoms with E-state index in [1.165, 1.54) is 17.5 Å². The Labute approximate surface area is 249 Å². The fourth-order valence-electron chi connectivity index (χ4n) is 3.94. The molecule has 1 saturated heterocycles. The van der Waals surface area contributed by atoms with Gasteiger partial charge in [0.1, 0.15) is 17.5 Å². The molecule has 0 unspecified atom stereocenters. The Bertz CT molecular complexity index is 1310. The van der Waals surface area contributed by atoms with Crippen LogP contribution in [0, 0.1) is 13.8 Å². The third kappa shape index (κ3) is 7.81. The third-order valence-corrected chi connectivity index (χ3v) is 9.16. The van der Waals surface area contributed by atoms with Crippen molar-refractivity contribution in [1.82, 2.24) is 19.6 Å². The summed E-state index contributed by atoms with van der Waals surface area (Å²) in [5.74, 6) is 1.45. The van der Waals surface area contributed by atoms with Crippen LogP contribution < -0.4 is 29.1 Å². The van der Waals surface area contributed by atoms with E-state index in [-0.39, 0.29) is 18.9 Å². The molecule has 1 aliphatic heterocycles. The van der Waals surface area contributed by atoms with Crippen molar-refractivity contribution in [1.29, 1.82) is 0 Å². The van der Waals surface area contributed by atoms with Crippen molar-refractivity contribution < 1.29 is 37.3 Å². The number of hydrogen-bond acceptors (Lipinski definition) is 10. The zero-order valence-corrected chi connectivity index (χ0v) is 25.1. The summed E-state index contributed by atoms with van der Waals surface area (Å²) >= 11 is 7.39. The average molecular weight is 586 g/mol. The zero-order valence-electron chi connectivity index (χ0n) is 22.7. The monoisotopic (exact) mass is 585 g/mol. The van der Waals surface area contributed by atoms with Gasteiger partial charge in [-0.3, -0.25) is 9.05 Å². The summed E-state index contributed by atoms with van der Waals surface area (Å²) in [7, 11) is -3.30. The molecule has 204 valence electrons. The number of carbonyl (C=O) groups excluding carboxylic acids is 1. The van der Waals surface area contributed by atoms with Crippen LogP contribution in [0.15, 0.2) is 30.5 Å². The van der Waals surface area contributed by atoms with Crippen LogP contribution in [0.2, 0.25) is 5.02 Å². The normalized spacial score (nSPS) is 14.1. The first-order valence-electron chi connectivity index (χ1n) is 12.2. The number of benzene rings is 1. The first kappa shape index (κ1) is 31.5. The predicted octanol–water partition coefficient (Wildman–Crippen LogP) is 3.10. The molecule has 3 aromatic rings. The zero-order chi connectivity index (χ0) is 27.3. The van der Waals surface area contributed by atoms with Crippen LogP contribution in [0.5, 0.6) is 0 Å². The molecule has 1 aliphatic rings. The number of para-hydroxylation sites is 1. The maximum Gasteiger partial charge on any atom is 1.00 e. The van der Waals surface area contributed by atoms with E-state index in [2.05, 4.69) is 30.5 Å².